The molecule has 16 heavy (non-hydrogen) atoms. The molecule has 0 spiro atoms. The fourth-order valence-electron chi connectivity index (χ4n) is 1.50. The lowest BCUT2D eigenvalue weighted by Crippen LogP contribution is -2.17. The van der Waals surface area contributed by atoms with Gasteiger partial charge in [-0.05, 0) is 5.56 Å². The van der Waals surface area contributed by atoms with Crippen LogP contribution in [0.3, 0.4) is 0 Å². The van der Waals surface area contributed by atoms with Gasteiger partial charge in [-0.15, -0.1) is 0 Å². The van der Waals surface area contributed by atoms with Crippen molar-refractivity contribution in [2.24, 2.45) is 0 Å². The summed E-state index contributed by atoms with van der Waals surface area (Å²) >= 11 is 0. The van der Waals surface area contributed by atoms with Gasteiger partial charge in [0.05, 0.1) is 13.1 Å². The molecule has 5 nitrogen and oxygen atoms in total. The molecule has 2 aromatic rings. The van der Waals surface area contributed by atoms with E-state index < -0.39 is 0 Å². The minimum absolute atomic E-state index is 0.368. The van der Waals surface area contributed by atoms with Gasteiger partial charge in [-0.3, -0.25) is 0 Å². The highest BCUT2D eigenvalue weighted by atomic mass is 16.5. The summed E-state index contributed by atoms with van der Waals surface area (Å²) in [6.07, 6.45) is 1.50. The van der Waals surface area contributed by atoms with E-state index in [1.165, 1.54) is 6.33 Å². The number of hydrogen-bond donors (Lipinski definition) is 1. The summed E-state index contributed by atoms with van der Waals surface area (Å²) < 4.78 is 1.78. The van der Waals surface area contributed by atoms with Gasteiger partial charge in [0, 0.05) is 7.05 Å². The monoisotopic (exact) mass is 218 g/mol. The molecular weight excluding hydrogens is 204 g/mol. The molecule has 1 heterocycles. The molecule has 0 saturated carbocycles. The van der Waals surface area contributed by atoms with Crippen LogP contribution in [0.2, 0.25) is 0 Å². The molecule has 0 fully saturated rings. The Morgan fingerprint density at radius 3 is 2.75 bits per heavy atom. The van der Waals surface area contributed by atoms with E-state index in [0.717, 1.165) is 16.5 Å². The van der Waals surface area contributed by atoms with Gasteiger partial charge in [-0.2, -0.15) is 10.2 Å². The first-order chi connectivity index (χ1) is 7.75. The third kappa shape index (κ3) is 2.65. The van der Waals surface area contributed by atoms with Crippen LogP contribution in [0.5, 0.6) is 0 Å². The molecule has 2 rings (SSSR count). The molecule has 0 saturated heterocycles. The summed E-state index contributed by atoms with van der Waals surface area (Å²) in [7, 11) is 1.58. The van der Waals surface area contributed by atoms with Gasteiger partial charge < -0.3 is 5.21 Å². The lowest BCUT2D eigenvalue weighted by Gasteiger charge is -2.09. The normalized spacial score (nSPS) is 10.9. The number of nitrogens with zero attached hydrogens (tertiary/aromatic N) is 4. The molecule has 5 heteroatoms. The van der Waals surface area contributed by atoms with Crippen LogP contribution < -0.4 is 0 Å². The van der Waals surface area contributed by atoms with Gasteiger partial charge >= 0.3 is 0 Å². The number of hydrogen-bond acceptors (Lipinski definition) is 4. The van der Waals surface area contributed by atoms with Crippen molar-refractivity contribution in [3.8, 4) is 0 Å². The fourth-order valence-corrected chi connectivity index (χ4v) is 1.50. The number of hydroxylamine groups is 2. The van der Waals surface area contributed by atoms with Crippen molar-refractivity contribution in [2.45, 2.75) is 13.1 Å². The van der Waals surface area contributed by atoms with Crippen molar-refractivity contribution < 1.29 is 5.21 Å². The maximum atomic E-state index is 9.17. The second-order valence-electron chi connectivity index (χ2n) is 3.64. The summed E-state index contributed by atoms with van der Waals surface area (Å²) in [6.45, 7) is 1.04. The molecule has 0 atom stereocenters. The van der Waals surface area contributed by atoms with Crippen LogP contribution in [0.1, 0.15) is 11.4 Å². The largest absolute Gasteiger partial charge is 0.314 e. The number of aromatic nitrogens is 3. The average Bonchev–Trinajstić information content (AvgIpc) is 2.66. The van der Waals surface area contributed by atoms with E-state index in [0.29, 0.717) is 13.1 Å². The lowest BCUT2D eigenvalue weighted by atomic mass is 10.2. The Balaban J connectivity index is 2.13. The molecule has 0 radical (unpaired) electrons. The van der Waals surface area contributed by atoms with E-state index in [1.54, 1.807) is 11.7 Å². The predicted octanol–water partition coefficient (Wildman–Crippen LogP) is 1.15. The zero-order chi connectivity index (χ0) is 11.4. The van der Waals surface area contributed by atoms with E-state index in [9.17, 15) is 0 Å². The SMILES string of the molecule is CN(O)Cc1ncnn1Cc1ccccc1. The Hall–Kier alpha value is -1.72. The van der Waals surface area contributed by atoms with Crippen LogP contribution in [0, 0.1) is 0 Å². The second kappa shape index (κ2) is 4.87. The molecule has 1 N–H and O–H groups in total. The van der Waals surface area contributed by atoms with Crippen LogP contribution in [-0.4, -0.2) is 32.1 Å². The van der Waals surface area contributed by atoms with Gasteiger partial charge in [0.2, 0.25) is 0 Å². The zero-order valence-corrected chi connectivity index (χ0v) is 9.11. The van der Waals surface area contributed by atoms with E-state index in [4.69, 9.17) is 5.21 Å². The van der Waals surface area contributed by atoms with Crippen LogP contribution in [0.15, 0.2) is 36.7 Å². The molecule has 0 aliphatic heterocycles. The smallest absolute Gasteiger partial charge is 0.143 e. The molecule has 0 amide bonds. The Labute approximate surface area is 93.9 Å². The molecule has 0 unspecified atom stereocenters. The van der Waals surface area contributed by atoms with Crippen LogP contribution in [0.4, 0.5) is 0 Å². The van der Waals surface area contributed by atoms with Crippen LogP contribution in [-0.2, 0) is 13.1 Å². The first-order valence-corrected chi connectivity index (χ1v) is 5.06. The highest BCUT2D eigenvalue weighted by molar-refractivity contribution is 5.15. The van der Waals surface area contributed by atoms with Gasteiger partial charge in [-0.1, -0.05) is 30.3 Å². The topological polar surface area (TPSA) is 54.2 Å². The van der Waals surface area contributed by atoms with Crippen molar-refractivity contribution in [3.63, 3.8) is 0 Å². The van der Waals surface area contributed by atoms with Gasteiger partial charge in [0.25, 0.3) is 0 Å². The van der Waals surface area contributed by atoms with Crippen LogP contribution in [0.25, 0.3) is 0 Å². The standard InChI is InChI=1S/C11H14N4O/c1-14(16)8-11-12-9-13-15(11)7-10-5-3-2-4-6-10/h2-6,9,16H,7-8H2,1H3. The predicted molar refractivity (Wildman–Crippen MR) is 58.8 cm³/mol. The maximum Gasteiger partial charge on any atom is 0.143 e. The van der Waals surface area contributed by atoms with Crippen molar-refractivity contribution in [1.82, 2.24) is 19.8 Å². The highest BCUT2D eigenvalue weighted by Crippen LogP contribution is 2.04. The summed E-state index contributed by atoms with van der Waals surface area (Å²) in [5.74, 6) is 0.744. The van der Waals surface area contributed by atoms with Gasteiger partial charge in [0.15, 0.2) is 0 Å². The van der Waals surface area contributed by atoms with Crippen molar-refractivity contribution in [1.29, 1.82) is 0 Å². The first-order valence-electron chi connectivity index (χ1n) is 5.06. The van der Waals surface area contributed by atoms with E-state index >= 15 is 0 Å². The third-order valence-electron chi connectivity index (χ3n) is 2.24. The third-order valence-corrected chi connectivity index (χ3v) is 2.24. The summed E-state index contributed by atoms with van der Waals surface area (Å²) in [4.78, 5) is 4.10. The van der Waals surface area contributed by atoms with Crippen molar-refractivity contribution >= 4 is 0 Å². The molecule has 1 aromatic heterocycles. The molecule has 0 bridgehead atoms. The van der Waals surface area contributed by atoms with E-state index in [-0.39, 0.29) is 0 Å². The molecule has 0 aliphatic carbocycles. The van der Waals surface area contributed by atoms with Gasteiger partial charge in [0.1, 0.15) is 12.2 Å². The van der Waals surface area contributed by atoms with Gasteiger partial charge in [-0.25, -0.2) is 9.67 Å². The Morgan fingerprint density at radius 2 is 2.06 bits per heavy atom. The minimum atomic E-state index is 0.368. The Bertz CT molecular complexity index is 438. The zero-order valence-electron chi connectivity index (χ0n) is 9.11. The Kier molecular flexibility index (Phi) is 3.28. The molecule has 1 aromatic carbocycles. The van der Waals surface area contributed by atoms with Crippen molar-refractivity contribution in [3.05, 3.63) is 48.0 Å². The Morgan fingerprint density at radius 1 is 1.31 bits per heavy atom. The maximum absolute atomic E-state index is 9.17. The van der Waals surface area contributed by atoms with Crippen molar-refractivity contribution in [2.75, 3.05) is 7.05 Å². The first kappa shape index (κ1) is 10.8. The number of benzene rings is 1. The quantitative estimate of drug-likeness (QED) is 0.782. The summed E-state index contributed by atoms with van der Waals surface area (Å²) in [6, 6.07) is 10.0. The van der Waals surface area contributed by atoms with E-state index in [2.05, 4.69) is 10.1 Å². The minimum Gasteiger partial charge on any atom is -0.314 e. The lowest BCUT2D eigenvalue weighted by molar-refractivity contribution is -0.0758. The molecular formula is C11H14N4O. The average molecular weight is 218 g/mol. The van der Waals surface area contributed by atoms with Crippen LogP contribution >= 0.6 is 0 Å². The van der Waals surface area contributed by atoms with E-state index in [1.807, 2.05) is 30.3 Å². The summed E-state index contributed by atoms with van der Waals surface area (Å²) in [5.41, 5.74) is 1.16. The molecule has 0 aliphatic rings. The number of rotatable bonds is 4. The summed E-state index contributed by atoms with van der Waals surface area (Å²) in [5, 5.41) is 14.4. The second-order valence-corrected chi connectivity index (χ2v) is 3.64. The highest BCUT2D eigenvalue weighted by Gasteiger charge is 2.06. The fraction of sp³-hybridized carbons (Fsp3) is 0.273. The molecule has 84 valence electrons.